The van der Waals surface area contributed by atoms with Crippen molar-refractivity contribution in [3.63, 3.8) is 0 Å². The van der Waals surface area contributed by atoms with Crippen molar-refractivity contribution < 1.29 is 0 Å². The second-order valence-corrected chi connectivity index (χ2v) is 3.90. The Bertz CT molecular complexity index is 314. The van der Waals surface area contributed by atoms with Crippen molar-refractivity contribution in [3.05, 3.63) is 17.2 Å². The first-order valence-electron chi connectivity index (χ1n) is 4.85. The molecule has 0 aromatic carbocycles. The van der Waals surface area contributed by atoms with E-state index >= 15 is 0 Å². The van der Waals surface area contributed by atoms with Crippen LogP contribution in [0.25, 0.3) is 0 Å². The molecule has 1 unspecified atom stereocenters. The molecule has 0 bridgehead atoms. The fraction of sp³-hybridized carbons (Fsp3) is 0.700. The molecule has 1 aromatic heterocycles. The number of nitrogens with zero attached hydrogens (tertiary/aromatic N) is 3. The van der Waals surface area contributed by atoms with Gasteiger partial charge in [0.15, 0.2) is 0 Å². The average Bonchev–Trinajstić information content (AvgIpc) is 2.35. The van der Waals surface area contributed by atoms with E-state index in [1.807, 2.05) is 28.1 Å². The zero-order chi connectivity index (χ0) is 10.9. The molecule has 1 atom stereocenters. The lowest BCUT2D eigenvalue weighted by atomic mass is 10.1. The standard InChI is InChI=1S/C10H20N4/c1-7-10(9(6-11)13(3)4)12-8(2)14(7)5/h9H,6,11H2,1-5H3. The Labute approximate surface area is 85.7 Å². The normalized spacial score (nSPS) is 13.6. The molecule has 0 saturated heterocycles. The van der Waals surface area contributed by atoms with Gasteiger partial charge in [-0.05, 0) is 27.9 Å². The van der Waals surface area contributed by atoms with Crippen LogP contribution < -0.4 is 5.73 Å². The van der Waals surface area contributed by atoms with Gasteiger partial charge >= 0.3 is 0 Å². The van der Waals surface area contributed by atoms with Crippen molar-refractivity contribution in [2.24, 2.45) is 12.8 Å². The fourth-order valence-corrected chi connectivity index (χ4v) is 1.63. The molecule has 1 heterocycles. The molecule has 0 aliphatic carbocycles. The largest absolute Gasteiger partial charge is 0.335 e. The third-order valence-corrected chi connectivity index (χ3v) is 2.80. The van der Waals surface area contributed by atoms with Crippen molar-refractivity contribution in [1.29, 1.82) is 0 Å². The second kappa shape index (κ2) is 4.11. The molecule has 1 rings (SSSR count). The molecule has 0 radical (unpaired) electrons. The lowest BCUT2D eigenvalue weighted by molar-refractivity contribution is 0.299. The van der Waals surface area contributed by atoms with Gasteiger partial charge in [0.05, 0.1) is 11.7 Å². The minimum Gasteiger partial charge on any atom is -0.335 e. The van der Waals surface area contributed by atoms with Crippen molar-refractivity contribution in [3.8, 4) is 0 Å². The number of likely N-dealkylation sites (N-methyl/N-ethyl adjacent to an activating group) is 1. The molecule has 0 spiro atoms. The summed E-state index contributed by atoms with van der Waals surface area (Å²) >= 11 is 0. The molecule has 2 N–H and O–H groups in total. The molecular weight excluding hydrogens is 176 g/mol. The summed E-state index contributed by atoms with van der Waals surface area (Å²) < 4.78 is 2.10. The van der Waals surface area contributed by atoms with Crippen LogP contribution in [0, 0.1) is 13.8 Å². The molecule has 4 nitrogen and oxygen atoms in total. The average molecular weight is 196 g/mol. The minimum absolute atomic E-state index is 0.217. The second-order valence-electron chi connectivity index (χ2n) is 3.90. The summed E-state index contributed by atoms with van der Waals surface area (Å²) in [6.45, 7) is 4.70. The predicted molar refractivity (Wildman–Crippen MR) is 58.2 cm³/mol. The van der Waals surface area contributed by atoms with E-state index in [4.69, 9.17) is 5.73 Å². The summed E-state index contributed by atoms with van der Waals surface area (Å²) in [6.07, 6.45) is 0. The molecule has 0 fully saturated rings. The van der Waals surface area contributed by atoms with Crippen LogP contribution >= 0.6 is 0 Å². The smallest absolute Gasteiger partial charge is 0.105 e. The zero-order valence-electron chi connectivity index (χ0n) is 9.70. The van der Waals surface area contributed by atoms with Gasteiger partial charge < -0.3 is 10.3 Å². The van der Waals surface area contributed by atoms with E-state index in [1.54, 1.807) is 0 Å². The summed E-state index contributed by atoms with van der Waals surface area (Å²) in [6, 6.07) is 0.217. The van der Waals surface area contributed by atoms with Crippen LogP contribution in [0.2, 0.25) is 0 Å². The predicted octanol–water partition coefficient (Wildman–Crippen LogP) is 0.598. The number of rotatable bonds is 3. The first-order chi connectivity index (χ1) is 6.49. The van der Waals surface area contributed by atoms with Gasteiger partial charge in [-0.1, -0.05) is 0 Å². The molecular formula is C10H20N4. The topological polar surface area (TPSA) is 47.1 Å². The van der Waals surface area contributed by atoms with E-state index in [2.05, 4.69) is 21.4 Å². The van der Waals surface area contributed by atoms with Crippen molar-refractivity contribution in [1.82, 2.24) is 14.5 Å². The SMILES string of the molecule is Cc1nc(C(CN)N(C)C)c(C)n1C. The van der Waals surface area contributed by atoms with Crippen molar-refractivity contribution in [2.75, 3.05) is 20.6 Å². The highest BCUT2D eigenvalue weighted by Crippen LogP contribution is 2.20. The van der Waals surface area contributed by atoms with Gasteiger partial charge in [-0.2, -0.15) is 0 Å². The van der Waals surface area contributed by atoms with E-state index < -0.39 is 0 Å². The van der Waals surface area contributed by atoms with Gasteiger partial charge in [-0.25, -0.2) is 4.98 Å². The summed E-state index contributed by atoms with van der Waals surface area (Å²) in [4.78, 5) is 6.65. The number of nitrogens with two attached hydrogens (primary N) is 1. The molecule has 0 amide bonds. The maximum Gasteiger partial charge on any atom is 0.105 e. The third-order valence-electron chi connectivity index (χ3n) is 2.80. The lowest BCUT2D eigenvalue weighted by Gasteiger charge is -2.21. The lowest BCUT2D eigenvalue weighted by Crippen LogP contribution is -2.28. The van der Waals surface area contributed by atoms with Gasteiger partial charge in [0.1, 0.15) is 5.82 Å². The molecule has 80 valence electrons. The number of aromatic nitrogens is 2. The van der Waals surface area contributed by atoms with Crippen LogP contribution in [-0.2, 0) is 7.05 Å². The first kappa shape index (κ1) is 11.2. The summed E-state index contributed by atoms with van der Waals surface area (Å²) in [5.41, 5.74) is 8.04. The van der Waals surface area contributed by atoms with Crippen LogP contribution in [0.15, 0.2) is 0 Å². The van der Waals surface area contributed by atoms with Crippen LogP contribution in [0.3, 0.4) is 0 Å². The van der Waals surface area contributed by atoms with Crippen LogP contribution in [0.1, 0.15) is 23.3 Å². The third kappa shape index (κ3) is 1.81. The van der Waals surface area contributed by atoms with Crippen molar-refractivity contribution >= 4 is 0 Å². The van der Waals surface area contributed by atoms with Crippen molar-refractivity contribution in [2.45, 2.75) is 19.9 Å². The van der Waals surface area contributed by atoms with E-state index in [-0.39, 0.29) is 6.04 Å². The maximum absolute atomic E-state index is 5.74. The monoisotopic (exact) mass is 196 g/mol. The number of hydrogen-bond acceptors (Lipinski definition) is 3. The quantitative estimate of drug-likeness (QED) is 0.770. The van der Waals surface area contributed by atoms with Gasteiger partial charge in [-0.3, -0.25) is 4.90 Å². The Kier molecular flexibility index (Phi) is 3.29. The molecule has 1 aromatic rings. The van der Waals surface area contributed by atoms with E-state index in [1.165, 1.54) is 5.69 Å². The Balaban J connectivity index is 3.11. The highest BCUT2D eigenvalue weighted by Gasteiger charge is 2.19. The van der Waals surface area contributed by atoms with E-state index in [0.29, 0.717) is 6.54 Å². The van der Waals surface area contributed by atoms with Crippen LogP contribution in [-0.4, -0.2) is 35.1 Å². The van der Waals surface area contributed by atoms with Gasteiger partial charge in [0.25, 0.3) is 0 Å². The minimum atomic E-state index is 0.217. The van der Waals surface area contributed by atoms with Gasteiger partial charge in [0.2, 0.25) is 0 Å². The Hall–Kier alpha value is -0.870. The first-order valence-corrected chi connectivity index (χ1v) is 4.85. The highest BCUT2D eigenvalue weighted by atomic mass is 15.2. The number of aryl methyl sites for hydroxylation is 1. The van der Waals surface area contributed by atoms with Crippen LogP contribution in [0.4, 0.5) is 0 Å². The highest BCUT2D eigenvalue weighted by molar-refractivity contribution is 5.19. The van der Waals surface area contributed by atoms with Gasteiger partial charge in [0, 0.05) is 19.3 Å². The van der Waals surface area contributed by atoms with Crippen LogP contribution in [0.5, 0.6) is 0 Å². The maximum atomic E-state index is 5.74. The summed E-state index contributed by atoms with van der Waals surface area (Å²) in [7, 11) is 6.09. The summed E-state index contributed by atoms with van der Waals surface area (Å²) in [5.74, 6) is 1.04. The Morgan fingerprint density at radius 1 is 1.43 bits per heavy atom. The van der Waals surface area contributed by atoms with E-state index in [9.17, 15) is 0 Å². The molecule has 14 heavy (non-hydrogen) atoms. The molecule has 0 aliphatic heterocycles. The molecule has 0 aliphatic rings. The van der Waals surface area contributed by atoms with E-state index in [0.717, 1.165) is 11.5 Å². The molecule has 0 saturated carbocycles. The zero-order valence-corrected chi connectivity index (χ0v) is 9.70. The summed E-state index contributed by atoms with van der Waals surface area (Å²) in [5, 5.41) is 0. The number of imidazole rings is 1. The molecule has 4 heteroatoms. The number of hydrogen-bond donors (Lipinski definition) is 1. The Morgan fingerprint density at radius 3 is 2.29 bits per heavy atom. The Morgan fingerprint density at radius 2 is 2.00 bits per heavy atom. The van der Waals surface area contributed by atoms with Gasteiger partial charge in [-0.15, -0.1) is 0 Å². The fourth-order valence-electron chi connectivity index (χ4n) is 1.63.